The Morgan fingerprint density at radius 2 is 1.88 bits per heavy atom. The summed E-state index contributed by atoms with van der Waals surface area (Å²) in [6, 6.07) is 0.318. The summed E-state index contributed by atoms with van der Waals surface area (Å²) in [7, 11) is 0. The lowest BCUT2D eigenvalue weighted by Crippen LogP contribution is -2.42. The van der Waals surface area contributed by atoms with Gasteiger partial charge in [0.05, 0.1) is 17.8 Å². The number of carbonyl (C=O) groups excluding carboxylic acids is 1. The van der Waals surface area contributed by atoms with Crippen LogP contribution < -0.4 is 0 Å². The summed E-state index contributed by atoms with van der Waals surface area (Å²) < 4.78 is 1.92. The number of rotatable bonds is 4. The monoisotopic (exact) mass is 334 g/mol. The molecule has 2 aliphatic rings. The highest BCUT2D eigenvalue weighted by Gasteiger charge is 2.29. The minimum Gasteiger partial charge on any atom is -0.393 e. The maximum atomic E-state index is 12.7. The first-order valence-electron chi connectivity index (χ1n) is 9.51. The molecular weight excluding hydrogens is 304 g/mol. The van der Waals surface area contributed by atoms with Crippen LogP contribution >= 0.6 is 0 Å². The summed E-state index contributed by atoms with van der Waals surface area (Å²) in [5.74, 6) is 0.636. The maximum absolute atomic E-state index is 12.7. The van der Waals surface area contributed by atoms with Crippen molar-refractivity contribution >= 4 is 5.91 Å². The van der Waals surface area contributed by atoms with Gasteiger partial charge in [-0.3, -0.25) is 4.79 Å². The Balaban J connectivity index is 1.51. The van der Waals surface area contributed by atoms with Crippen molar-refractivity contribution in [2.24, 2.45) is 5.92 Å². The van der Waals surface area contributed by atoms with Gasteiger partial charge in [-0.05, 0) is 32.6 Å². The van der Waals surface area contributed by atoms with E-state index in [1.807, 2.05) is 10.9 Å². The first-order chi connectivity index (χ1) is 11.6. The number of piperidine rings is 1. The number of nitrogens with zero attached hydrogens (tertiary/aromatic N) is 4. The molecule has 24 heavy (non-hydrogen) atoms. The quantitative estimate of drug-likeness (QED) is 0.858. The molecule has 1 atom stereocenters. The highest BCUT2D eigenvalue weighted by molar-refractivity contribution is 5.78. The Hall–Kier alpha value is -1.43. The fraction of sp³-hybridized carbons (Fsp3) is 0.833. The molecule has 6 heteroatoms. The zero-order valence-corrected chi connectivity index (χ0v) is 14.7. The van der Waals surface area contributed by atoms with E-state index in [-0.39, 0.29) is 5.92 Å². The van der Waals surface area contributed by atoms with Gasteiger partial charge in [0.25, 0.3) is 0 Å². The van der Waals surface area contributed by atoms with Crippen LogP contribution in [0.4, 0.5) is 0 Å². The van der Waals surface area contributed by atoms with E-state index in [0.717, 1.165) is 44.5 Å². The number of likely N-dealkylation sites (tertiary alicyclic amines) is 1. The van der Waals surface area contributed by atoms with E-state index in [1.165, 1.54) is 25.7 Å². The second kappa shape index (κ2) is 8.10. The van der Waals surface area contributed by atoms with Gasteiger partial charge in [-0.2, -0.15) is 0 Å². The molecule has 0 spiro atoms. The van der Waals surface area contributed by atoms with E-state index in [4.69, 9.17) is 0 Å². The van der Waals surface area contributed by atoms with Gasteiger partial charge < -0.3 is 10.0 Å². The average molecular weight is 334 g/mol. The van der Waals surface area contributed by atoms with Gasteiger partial charge in [0.1, 0.15) is 0 Å². The Morgan fingerprint density at radius 3 is 2.50 bits per heavy atom. The zero-order chi connectivity index (χ0) is 16.9. The number of amides is 1. The van der Waals surface area contributed by atoms with Crippen molar-refractivity contribution in [3.05, 3.63) is 11.9 Å². The normalized spacial score (nSPS) is 22.3. The van der Waals surface area contributed by atoms with Crippen molar-refractivity contribution in [1.29, 1.82) is 0 Å². The molecule has 2 heterocycles. The smallest absolute Gasteiger partial charge is 0.225 e. The van der Waals surface area contributed by atoms with Crippen molar-refractivity contribution in [2.45, 2.75) is 76.9 Å². The van der Waals surface area contributed by atoms with Crippen LogP contribution in [0.2, 0.25) is 0 Å². The fourth-order valence-electron chi connectivity index (χ4n) is 4.02. The minimum absolute atomic E-state index is 0.257. The molecule has 1 saturated heterocycles. The van der Waals surface area contributed by atoms with Crippen molar-refractivity contribution in [1.82, 2.24) is 19.9 Å². The third-order valence-corrected chi connectivity index (χ3v) is 5.42. The Labute approximate surface area is 144 Å². The molecule has 1 saturated carbocycles. The van der Waals surface area contributed by atoms with E-state index in [0.29, 0.717) is 18.4 Å². The summed E-state index contributed by atoms with van der Waals surface area (Å²) in [6.07, 6.45) is 11.1. The largest absolute Gasteiger partial charge is 0.393 e. The van der Waals surface area contributed by atoms with Crippen LogP contribution in [0.1, 0.15) is 70.0 Å². The van der Waals surface area contributed by atoms with E-state index < -0.39 is 6.10 Å². The van der Waals surface area contributed by atoms with E-state index >= 15 is 0 Å². The highest BCUT2D eigenvalue weighted by atomic mass is 16.3. The van der Waals surface area contributed by atoms with E-state index in [1.54, 1.807) is 6.92 Å². The Morgan fingerprint density at radius 1 is 1.21 bits per heavy atom. The van der Waals surface area contributed by atoms with Crippen LogP contribution in [-0.4, -0.2) is 50.1 Å². The lowest BCUT2D eigenvalue weighted by Gasteiger charge is -2.34. The molecule has 0 aromatic carbocycles. The third-order valence-electron chi connectivity index (χ3n) is 5.42. The van der Waals surface area contributed by atoms with Gasteiger partial charge >= 0.3 is 0 Å². The second-order valence-corrected chi connectivity index (χ2v) is 7.49. The number of hydrogen-bond donors (Lipinski definition) is 1. The number of aliphatic hydroxyl groups excluding tert-OH is 1. The van der Waals surface area contributed by atoms with Gasteiger partial charge in [0.15, 0.2) is 0 Å². The number of carbonyl (C=O) groups is 1. The molecule has 6 nitrogen and oxygen atoms in total. The second-order valence-electron chi connectivity index (χ2n) is 7.49. The van der Waals surface area contributed by atoms with Crippen LogP contribution in [0.15, 0.2) is 6.20 Å². The SMILES string of the molecule is C[C@@H](O)Cc1cn(C2CCN(C(=O)C3CCCCCC3)CC2)nn1. The molecule has 0 unspecified atom stereocenters. The fourth-order valence-corrected chi connectivity index (χ4v) is 4.02. The van der Waals surface area contributed by atoms with Crippen molar-refractivity contribution in [3.8, 4) is 0 Å². The predicted molar refractivity (Wildman–Crippen MR) is 91.4 cm³/mol. The van der Waals surface area contributed by atoms with Crippen molar-refractivity contribution < 1.29 is 9.90 Å². The number of aliphatic hydroxyl groups is 1. The van der Waals surface area contributed by atoms with E-state index in [9.17, 15) is 9.90 Å². The van der Waals surface area contributed by atoms with Crippen LogP contribution in [0.5, 0.6) is 0 Å². The average Bonchev–Trinajstić information content (AvgIpc) is 2.86. The molecule has 3 rings (SSSR count). The number of hydrogen-bond acceptors (Lipinski definition) is 4. The molecule has 1 aromatic rings. The molecule has 134 valence electrons. The highest BCUT2D eigenvalue weighted by Crippen LogP contribution is 2.28. The molecular formula is C18H30N4O2. The molecule has 1 aromatic heterocycles. The molecule has 1 amide bonds. The van der Waals surface area contributed by atoms with Crippen LogP contribution in [0, 0.1) is 5.92 Å². The van der Waals surface area contributed by atoms with Gasteiger partial charge in [0, 0.05) is 31.6 Å². The zero-order valence-electron chi connectivity index (χ0n) is 14.7. The lowest BCUT2D eigenvalue weighted by molar-refractivity contribution is -0.137. The molecule has 0 bridgehead atoms. The Bertz CT molecular complexity index is 527. The third kappa shape index (κ3) is 4.35. The van der Waals surface area contributed by atoms with Crippen molar-refractivity contribution in [2.75, 3.05) is 13.1 Å². The minimum atomic E-state index is -0.394. The predicted octanol–water partition coefficient (Wildman–Crippen LogP) is 2.34. The molecule has 1 N–H and O–H groups in total. The van der Waals surface area contributed by atoms with Gasteiger partial charge in [-0.15, -0.1) is 5.10 Å². The first kappa shape index (κ1) is 17.4. The summed E-state index contributed by atoms with van der Waals surface area (Å²) in [4.78, 5) is 14.8. The molecule has 0 radical (unpaired) electrons. The summed E-state index contributed by atoms with van der Waals surface area (Å²) in [6.45, 7) is 3.41. The Kier molecular flexibility index (Phi) is 5.87. The molecule has 2 fully saturated rings. The van der Waals surface area contributed by atoms with Crippen LogP contribution in [0.3, 0.4) is 0 Å². The topological polar surface area (TPSA) is 71.2 Å². The first-order valence-corrected chi connectivity index (χ1v) is 9.51. The van der Waals surface area contributed by atoms with Gasteiger partial charge in [-0.25, -0.2) is 4.68 Å². The maximum Gasteiger partial charge on any atom is 0.225 e. The molecule has 1 aliphatic heterocycles. The number of aromatic nitrogens is 3. The standard InChI is InChI=1S/C18H30N4O2/c1-14(23)12-16-13-22(20-19-16)17-8-10-21(11-9-17)18(24)15-6-4-2-3-5-7-15/h13-15,17,23H,2-12H2,1H3/t14-/m1/s1. The van der Waals surface area contributed by atoms with Gasteiger partial charge in [0.2, 0.25) is 5.91 Å². The van der Waals surface area contributed by atoms with Gasteiger partial charge in [-0.1, -0.05) is 30.9 Å². The molecule has 1 aliphatic carbocycles. The summed E-state index contributed by atoms with van der Waals surface area (Å²) in [5.41, 5.74) is 0.835. The van der Waals surface area contributed by atoms with Crippen LogP contribution in [-0.2, 0) is 11.2 Å². The van der Waals surface area contributed by atoms with Crippen molar-refractivity contribution in [3.63, 3.8) is 0 Å². The lowest BCUT2D eigenvalue weighted by atomic mass is 9.96. The summed E-state index contributed by atoms with van der Waals surface area (Å²) >= 11 is 0. The van der Waals surface area contributed by atoms with Crippen LogP contribution in [0.25, 0.3) is 0 Å². The summed E-state index contributed by atoms with van der Waals surface area (Å²) in [5, 5.41) is 17.8. The van der Waals surface area contributed by atoms with E-state index in [2.05, 4.69) is 15.2 Å².